The average molecular weight is 414 g/mol. The molecule has 0 amide bonds. The van der Waals surface area contributed by atoms with Crippen molar-refractivity contribution in [1.82, 2.24) is 14.8 Å². The molecule has 0 saturated heterocycles. The van der Waals surface area contributed by atoms with Crippen molar-refractivity contribution < 1.29 is 18.6 Å². The van der Waals surface area contributed by atoms with Crippen LogP contribution in [0, 0.1) is 0 Å². The predicted molar refractivity (Wildman–Crippen MR) is 110 cm³/mol. The lowest BCUT2D eigenvalue weighted by atomic mass is 9.98. The number of sulfonamides is 1. The summed E-state index contributed by atoms with van der Waals surface area (Å²) in [5.74, 6) is 0.436. The molecule has 9 heteroatoms. The number of aromatic hydroxyl groups is 2. The van der Waals surface area contributed by atoms with E-state index in [9.17, 15) is 18.6 Å². The van der Waals surface area contributed by atoms with Crippen molar-refractivity contribution in [3.8, 4) is 28.6 Å². The van der Waals surface area contributed by atoms with Crippen molar-refractivity contribution in [1.29, 1.82) is 0 Å². The topological polar surface area (TPSA) is 109 Å². The van der Waals surface area contributed by atoms with E-state index in [0.29, 0.717) is 35.6 Å². The Bertz CT molecular complexity index is 1200. The molecule has 0 saturated carbocycles. The summed E-state index contributed by atoms with van der Waals surface area (Å²) >= 11 is 0. The predicted octanol–water partition coefficient (Wildman–Crippen LogP) is 2.79. The molecule has 4 rings (SSSR count). The molecule has 1 aromatic heterocycles. The molecule has 2 N–H and O–H groups in total. The Morgan fingerprint density at radius 1 is 1.10 bits per heavy atom. The second-order valence-corrected chi connectivity index (χ2v) is 9.41. The monoisotopic (exact) mass is 414 g/mol. The van der Waals surface area contributed by atoms with Crippen LogP contribution in [0.5, 0.6) is 11.5 Å². The molecule has 8 nitrogen and oxygen atoms in total. The zero-order valence-electron chi connectivity index (χ0n) is 16.4. The summed E-state index contributed by atoms with van der Waals surface area (Å²) in [7, 11) is -3.31. The lowest BCUT2D eigenvalue weighted by Gasteiger charge is -2.17. The molecular weight excluding hydrogens is 392 g/mol. The summed E-state index contributed by atoms with van der Waals surface area (Å²) in [4.78, 5) is 0. The molecule has 2 aromatic carbocycles. The van der Waals surface area contributed by atoms with Gasteiger partial charge in [-0.2, -0.15) is 0 Å². The molecule has 1 aliphatic rings. The van der Waals surface area contributed by atoms with E-state index in [1.54, 1.807) is 29.1 Å². The van der Waals surface area contributed by atoms with Crippen molar-refractivity contribution in [3.63, 3.8) is 0 Å². The first-order chi connectivity index (χ1) is 13.7. The van der Waals surface area contributed by atoms with Crippen molar-refractivity contribution in [2.45, 2.75) is 26.2 Å². The number of benzene rings is 2. The fourth-order valence-corrected chi connectivity index (χ4v) is 4.65. The molecule has 0 radical (unpaired) electrons. The van der Waals surface area contributed by atoms with Crippen LogP contribution in [0.3, 0.4) is 0 Å². The van der Waals surface area contributed by atoms with Crippen molar-refractivity contribution in [2.75, 3.05) is 17.1 Å². The maximum atomic E-state index is 12.0. The Hall–Kier alpha value is -3.07. The molecule has 0 spiro atoms. The molecule has 0 atom stereocenters. The minimum atomic E-state index is -3.31. The van der Waals surface area contributed by atoms with Crippen molar-refractivity contribution >= 4 is 15.7 Å². The zero-order valence-corrected chi connectivity index (χ0v) is 17.2. The van der Waals surface area contributed by atoms with Crippen LogP contribution in [-0.4, -0.2) is 46.2 Å². The van der Waals surface area contributed by atoms with Gasteiger partial charge in [0.05, 0.1) is 17.5 Å². The standard InChI is InChI=1S/C20H22N4O4S/c1-12(2)15-9-16(19(26)10-18(15)25)20-22-21-11-23(20)14-4-5-17-13(8-14)6-7-24(17)29(3,27)28/h4-5,8-12,25-26H,6-7H2,1-3H3. The molecule has 1 aliphatic heterocycles. The van der Waals surface area contributed by atoms with Gasteiger partial charge in [-0.1, -0.05) is 13.8 Å². The second-order valence-electron chi connectivity index (χ2n) is 7.51. The fraction of sp³-hybridized carbons (Fsp3) is 0.300. The highest BCUT2D eigenvalue weighted by Gasteiger charge is 2.27. The maximum absolute atomic E-state index is 12.0. The van der Waals surface area contributed by atoms with Gasteiger partial charge in [0.15, 0.2) is 5.82 Å². The van der Waals surface area contributed by atoms with E-state index in [-0.39, 0.29) is 17.4 Å². The number of phenols is 2. The van der Waals surface area contributed by atoms with Crippen LogP contribution in [0.4, 0.5) is 5.69 Å². The zero-order chi connectivity index (χ0) is 20.9. The number of hydrogen-bond donors (Lipinski definition) is 2. The molecule has 0 aliphatic carbocycles. The Balaban J connectivity index is 1.80. The number of anilines is 1. The van der Waals surface area contributed by atoms with E-state index >= 15 is 0 Å². The van der Waals surface area contributed by atoms with Crippen LogP contribution in [0.2, 0.25) is 0 Å². The summed E-state index contributed by atoms with van der Waals surface area (Å²) < 4.78 is 27.0. The van der Waals surface area contributed by atoms with Gasteiger partial charge in [0.25, 0.3) is 0 Å². The normalized spacial score (nSPS) is 13.9. The number of hydrogen-bond acceptors (Lipinski definition) is 6. The number of phenolic OH excluding ortho intramolecular Hbond substituents is 2. The highest BCUT2D eigenvalue weighted by atomic mass is 32.2. The second kappa shape index (κ2) is 6.77. The van der Waals surface area contributed by atoms with E-state index in [4.69, 9.17) is 0 Å². The smallest absolute Gasteiger partial charge is 0.232 e. The lowest BCUT2D eigenvalue weighted by Crippen LogP contribution is -2.27. The van der Waals surface area contributed by atoms with Gasteiger partial charge in [-0.15, -0.1) is 10.2 Å². The SMILES string of the molecule is CC(C)c1cc(-c2nncn2-c2ccc3c(c2)CCN3S(C)(=O)=O)c(O)cc1O. The third-order valence-electron chi connectivity index (χ3n) is 5.15. The van der Waals surface area contributed by atoms with Crippen LogP contribution >= 0.6 is 0 Å². The van der Waals surface area contributed by atoms with Crippen LogP contribution < -0.4 is 4.31 Å². The number of fused-ring (bicyclic) bond motifs is 1. The van der Waals surface area contributed by atoms with Gasteiger partial charge in [0.1, 0.15) is 17.8 Å². The Labute approximate surface area is 169 Å². The minimum absolute atomic E-state index is 0.0331. The quantitative estimate of drug-likeness (QED) is 0.680. The summed E-state index contributed by atoms with van der Waals surface area (Å²) in [6.45, 7) is 4.33. The molecule has 2 heterocycles. The van der Waals surface area contributed by atoms with Gasteiger partial charge < -0.3 is 10.2 Å². The summed E-state index contributed by atoms with van der Waals surface area (Å²) in [6.07, 6.45) is 3.37. The van der Waals surface area contributed by atoms with Gasteiger partial charge in [-0.25, -0.2) is 8.42 Å². The largest absolute Gasteiger partial charge is 0.508 e. The third kappa shape index (κ3) is 3.31. The molecule has 0 unspecified atom stereocenters. The maximum Gasteiger partial charge on any atom is 0.232 e. The highest BCUT2D eigenvalue weighted by molar-refractivity contribution is 7.92. The van der Waals surface area contributed by atoms with Gasteiger partial charge in [0.2, 0.25) is 10.0 Å². The summed E-state index contributed by atoms with van der Waals surface area (Å²) in [6, 6.07) is 8.52. The molecule has 29 heavy (non-hydrogen) atoms. The van der Waals surface area contributed by atoms with E-state index in [1.165, 1.54) is 16.6 Å². The molecular formula is C20H22N4O4S. The fourth-order valence-electron chi connectivity index (χ4n) is 3.70. The van der Waals surface area contributed by atoms with E-state index in [1.807, 2.05) is 19.9 Å². The Morgan fingerprint density at radius 3 is 2.55 bits per heavy atom. The Morgan fingerprint density at radius 2 is 1.86 bits per heavy atom. The van der Waals surface area contributed by atoms with Gasteiger partial charge in [0, 0.05) is 18.3 Å². The first-order valence-corrected chi connectivity index (χ1v) is 11.1. The number of aromatic nitrogens is 3. The first-order valence-electron chi connectivity index (χ1n) is 9.24. The third-order valence-corrected chi connectivity index (χ3v) is 6.33. The van der Waals surface area contributed by atoms with Crippen molar-refractivity contribution in [3.05, 3.63) is 47.8 Å². The minimum Gasteiger partial charge on any atom is -0.508 e. The number of nitrogens with zero attached hydrogens (tertiary/aromatic N) is 4. The van der Waals surface area contributed by atoms with Crippen molar-refractivity contribution in [2.24, 2.45) is 0 Å². The van der Waals surface area contributed by atoms with E-state index in [2.05, 4.69) is 10.2 Å². The average Bonchev–Trinajstić information content (AvgIpc) is 3.27. The first kappa shape index (κ1) is 19.3. The van der Waals surface area contributed by atoms with E-state index in [0.717, 1.165) is 11.3 Å². The molecule has 152 valence electrons. The van der Waals surface area contributed by atoms with Crippen LogP contribution in [0.25, 0.3) is 17.1 Å². The number of rotatable bonds is 4. The summed E-state index contributed by atoms with van der Waals surface area (Å²) in [5, 5.41) is 28.7. The Kier molecular flexibility index (Phi) is 4.49. The van der Waals surface area contributed by atoms with Gasteiger partial charge in [-0.05, 0) is 47.7 Å². The molecule has 0 bridgehead atoms. The summed E-state index contributed by atoms with van der Waals surface area (Å²) in [5.41, 5.74) is 3.52. The van der Waals surface area contributed by atoms with Crippen LogP contribution in [0.1, 0.15) is 30.9 Å². The van der Waals surface area contributed by atoms with Gasteiger partial charge in [-0.3, -0.25) is 8.87 Å². The van der Waals surface area contributed by atoms with Crippen LogP contribution in [0.15, 0.2) is 36.7 Å². The van der Waals surface area contributed by atoms with E-state index < -0.39 is 10.0 Å². The lowest BCUT2D eigenvalue weighted by molar-refractivity contribution is 0.444. The van der Waals surface area contributed by atoms with Crippen LogP contribution in [-0.2, 0) is 16.4 Å². The molecule has 3 aromatic rings. The highest BCUT2D eigenvalue weighted by Crippen LogP contribution is 2.38. The van der Waals surface area contributed by atoms with Gasteiger partial charge >= 0.3 is 0 Å². The molecule has 0 fully saturated rings.